The first-order valence-corrected chi connectivity index (χ1v) is 8.79. The van der Waals surface area contributed by atoms with Crippen LogP contribution in [0.1, 0.15) is 29.0 Å². The van der Waals surface area contributed by atoms with Crippen LogP contribution in [-0.4, -0.2) is 51.8 Å². The van der Waals surface area contributed by atoms with Gasteiger partial charge in [-0.1, -0.05) is 6.07 Å². The fraction of sp³-hybridized carbons (Fsp3) is 0.474. The largest absolute Gasteiger partial charge is 0.372 e. The number of carbonyl (C=O) groups is 1. The summed E-state index contributed by atoms with van der Waals surface area (Å²) in [7, 11) is 1.90. The van der Waals surface area contributed by atoms with Crippen LogP contribution in [0.25, 0.3) is 0 Å². The summed E-state index contributed by atoms with van der Waals surface area (Å²) in [6, 6.07) is 9.67. The third kappa shape index (κ3) is 3.19. The standard InChI is InChI=1S/C19H23N3O3/c1-21-10-4-6-16(21)19(23)22-11-12-24-18-15(22)7-8-17(18)25-13-14-5-2-3-9-20-14/h2-6,9-10,15,17-18H,7-8,11-13H2,1H3/t15-,17+,18+/m0/s1. The number of hydrogen-bond acceptors (Lipinski definition) is 4. The van der Waals surface area contributed by atoms with E-state index < -0.39 is 0 Å². The van der Waals surface area contributed by atoms with Crippen LogP contribution < -0.4 is 0 Å². The Morgan fingerprint density at radius 3 is 3.00 bits per heavy atom. The number of amides is 1. The molecule has 2 aliphatic rings. The van der Waals surface area contributed by atoms with Crippen molar-refractivity contribution in [1.29, 1.82) is 0 Å². The molecule has 0 N–H and O–H groups in total. The molecule has 2 fully saturated rings. The van der Waals surface area contributed by atoms with Crippen molar-refractivity contribution in [3.63, 3.8) is 0 Å². The van der Waals surface area contributed by atoms with E-state index in [2.05, 4.69) is 4.98 Å². The number of aromatic nitrogens is 2. The van der Waals surface area contributed by atoms with Crippen molar-refractivity contribution >= 4 is 5.91 Å². The van der Waals surface area contributed by atoms with Gasteiger partial charge in [0.2, 0.25) is 0 Å². The van der Waals surface area contributed by atoms with Gasteiger partial charge in [0.1, 0.15) is 11.8 Å². The van der Waals surface area contributed by atoms with Crippen molar-refractivity contribution in [3.8, 4) is 0 Å². The van der Waals surface area contributed by atoms with Crippen molar-refractivity contribution in [2.45, 2.75) is 37.7 Å². The molecule has 0 bridgehead atoms. The Kier molecular flexibility index (Phi) is 4.55. The predicted octanol–water partition coefficient (Wildman–Crippen LogP) is 2.01. The lowest BCUT2D eigenvalue weighted by molar-refractivity contribution is -0.109. The van der Waals surface area contributed by atoms with Gasteiger partial charge < -0.3 is 18.9 Å². The second-order valence-electron chi connectivity index (χ2n) is 6.65. The summed E-state index contributed by atoms with van der Waals surface area (Å²) in [6.45, 7) is 1.67. The normalized spacial score (nSPS) is 25.8. The van der Waals surface area contributed by atoms with E-state index in [0.717, 1.165) is 24.2 Å². The Labute approximate surface area is 147 Å². The van der Waals surface area contributed by atoms with Crippen molar-refractivity contribution in [3.05, 3.63) is 54.1 Å². The topological polar surface area (TPSA) is 56.6 Å². The van der Waals surface area contributed by atoms with Gasteiger partial charge in [0, 0.05) is 26.0 Å². The number of fused-ring (bicyclic) bond motifs is 1. The predicted molar refractivity (Wildman–Crippen MR) is 92.0 cm³/mol. The highest BCUT2D eigenvalue weighted by atomic mass is 16.5. The van der Waals surface area contributed by atoms with Crippen molar-refractivity contribution in [2.24, 2.45) is 7.05 Å². The molecule has 1 amide bonds. The van der Waals surface area contributed by atoms with Crippen LogP contribution in [0.3, 0.4) is 0 Å². The van der Waals surface area contributed by atoms with Crippen LogP contribution in [0, 0.1) is 0 Å². The Bertz CT molecular complexity index is 731. The van der Waals surface area contributed by atoms with E-state index in [1.165, 1.54) is 0 Å². The van der Waals surface area contributed by atoms with E-state index in [9.17, 15) is 4.79 Å². The van der Waals surface area contributed by atoms with Crippen LogP contribution in [0.15, 0.2) is 42.7 Å². The van der Waals surface area contributed by atoms with Gasteiger partial charge in [0.25, 0.3) is 5.91 Å². The number of pyridine rings is 1. The van der Waals surface area contributed by atoms with Crippen LogP contribution in [-0.2, 0) is 23.1 Å². The minimum absolute atomic E-state index is 0.0102. The molecule has 1 saturated heterocycles. The number of ether oxygens (including phenoxy) is 2. The molecule has 2 aromatic rings. The SMILES string of the molecule is Cn1cccc1C(=O)N1CCO[C@H]2[C@H](OCc3ccccn3)CC[C@@H]21. The molecule has 2 aromatic heterocycles. The lowest BCUT2D eigenvalue weighted by atomic mass is 10.1. The number of aryl methyl sites for hydroxylation is 1. The quantitative estimate of drug-likeness (QED) is 0.854. The van der Waals surface area contributed by atoms with E-state index in [4.69, 9.17) is 9.47 Å². The summed E-state index contributed by atoms with van der Waals surface area (Å²) >= 11 is 0. The molecule has 132 valence electrons. The third-order valence-corrected chi connectivity index (χ3v) is 5.13. The fourth-order valence-corrected chi connectivity index (χ4v) is 3.85. The maximum absolute atomic E-state index is 12.9. The zero-order valence-corrected chi connectivity index (χ0v) is 14.4. The van der Waals surface area contributed by atoms with Gasteiger partial charge >= 0.3 is 0 Å². The molecule has 0 radical (unpaired) electrons. The molecule has 1 saturated carbocycles. The first-order chi connectivity index (χ1) is 12.2. The first kappa shape index (κ1) is 16.3. The summed E-state index contributed by atoms with van der Waals surface area (Å²) in [5.74, 6) is 0.0798. The molecule has 0 spiro atoms. The summed E-state index contributed by atoms with van der Waals surface area (Å²) in [5.41, 5.74) is 1.64. The van der Waals surface area contributed by atoms with Gasteiger partial charge in [-0.25, -0.2) is 0 Å². The van der Waals surface area contributed by atoms with E-state index in [1.54, 1.807) is 6.20 Å². The molecule has 0 unspecified atom stereocenters. The minimum atomic E-state index is -0.0540. The first-order valence-electron chi connectivity index (χ1n) is 8.79. The van der Waals surface area contributed by atoms with Crippen LogP contribution in [0.5, 0.6) is 0 Å². The molecule has 6 heteroatoms. The second kappa shape index (κ2) is 6.98. The molecular formula is C19H23N3O3. The van der Waals surface area contributed by atoms with E-state index >= 15 is 0 Å². The number of morpholine rings is 1. The van der Waals surface area contributed by atoms with Gasteiger partial charge in [-0.15, -0.1) is 0 Å². The maximum Gasteiger partial charge on any atom is 0.270 e. The maximum atomic E-state index is 12.9. The minimum Gasteiger partial charge on any atom is -0.372 e. The Morgan fingerprint density at radius 1 is 1.32 bits per heavy atom. The van der Waals surface area contributed by atoms with Crippen LogP contribution >= 0.6 is 0 Å². The van der Waals surface area contributed by atoms with Crippen LogP contribution in [0.4, 0.5) is 0 Å². The molecule has 0 aromatic carbocycles. The van der Waals surface area contributed by atoms with Gasteiger partial charge in [-0.05, 0) is 37.1 Å². The Morgan fingerprint density at radius 2 is 2.24 bits per heavy atom. The molecule has 3 heterocycles. The van der Waals surface area contributed by atoms with Crippen LogP contribution in [0.2, 0.25) is 0 Å². The Hall–Kier alpha value is -2.18. The molecular weight excluding hydrogens is 318 g/mol. The lowest BCUT2D eigenvalue weighted by Crippen LogP contribution is -2.54. The summed E-state index contributed by atoms with van der Waals surface area (Å²) < 4.78 is 13.9. The zero-order valence-electron chi connectivity index (χ0n) is 14.4. The summed E-state index contributed by atoms with van der Waals surface area (Å²) in [6.07, 6.45) is 5.44. The molecule has 1 aliphatic heterocycles. The highest BCUT2D eigenvalue weighted by Gasteiger charge is 2.45. The second-order valence-corrected chi connectivity index (χ2v) is 6.65. The lowest BCUT2D eigenvalue weighted by Gasteiger charge is -2.39. The average molecular weight is 341 g/mol. The fourth-order valence-electron chi connectivity index (χ4n) is 3.85. The molecule has 25 heavy (non-hydrogen) atoms. The number of carbonyl (C=O) groups excluding carboxylic acids is 1. The number of rotatable bonds is 4. The van der Waals surface area contributed by atoms with Gasteiger partial charge in [-0.2, -0.15) is 0 Å². The monoisotopic (exact) mass is 341 g/mol. The molecule has 3 atom stereocenters. The van der Waals surface area contributed by atoms with Crippen molar-refractivity contribution in [1.82, 2.24) is 14.5 Å². The van der Waals surface area contributed by atoms with E-state index in [0.29, 0.717) is 19.8 Å². The molecule has 4 rings (SSSR count). The number of nitrogens with zero attached hydrogens (tertiary/aromatic N) is 3. The highest BCUT2D eigenvalue weighted by molar-refractivity contribution is 5.93. The third-order valence-electron chi connectivity index (χ3n) is 5.13. The van der Waals surface area contributed by atoms with Crippen molar-refractivity contribution in [2.75, 3.05) is 13.2 Å². The Balaban J connectivity index is 1.43. The zero-order chi connectivity index (χ0) is 17.2. The summed E-state index contributed by atoms with van der Waals surface area (Å²) in [4.78, 5) is 19.2. The highest BCUT2D eigenvalue weighted by Crippen LogP contribution is 2.33. The molecule has 1 aliphatic carbocycles. The van der Waals surface area contributed by atoms with Gasteiger partial charge in [-0.3, -0.25) is 9.78 Å². The van der Waals surface area contributed by atoms with Crippen molar-refractivity contribution < 1.29 is 14.3 Å². The number of hydrogen-bond donors (Lipinski definition) is 0. The average Bonchev–Trinajstić information content (AvgIpc) is 3.26. The van der Waals surface area contributed by atoms with E-state index in [1.807, 2.05) is 53.0 Å². The molecule has 6 nitrogen and oxygen atoms in total. The van der Waals surface area contributed by atoms with Gasteiger partial charge in [0.15, 0.2) is 0 Å². The van der Waals surface area contributed by atoms with E-state index in [-0.39, 0.29) is 24.2 Å². The van der Waals surface area contributed by atoms with Gasteiger partial charge in [0.05, 0.1) is 31.1 Å². The summed E-state index contributed by atoms with van der Waals surface area (Å²) in [5, 5.41) is 0. The smallest absolute Gasteiger partial charge is 0.270 e.